The smallest absolute Gasteiger partial charge is 0.337 e. The van der Waals surface area contributed by atoms with Crippen LogP contribution in [0.15, 0.2) is 30.6 Å². The van der Waals surface area contributed by atoms with Gasteiger partial charge in [0.1, 0.15) is 12.1 Å². The highest BCUT2D eigenvalue weighted by atomic mass is 16.6. The molecule has 2 aromatic rings. The van der Waals surface area contributed by atoms with E-state index in [0.717, 1.165) is 0 Å². The zero-order valence-electron chi connectivity index (χ0n) is 15.8. The maximum absolute atomic E-state index is 11.9. The first-order chi connectivity index (χ1) is 13.5. The van der Waals surface area contributed by atoms with Crippen molar-refractivity contribution in [3.8, 4) is 17.0 Å². The van der Waals surface area contributed by atoms with E-state index >= 15 is 0 Å². The number of methoxy groups -OCH3 is 1. The quantitative estimate of drug-likeness (QED) is 0.424. The predicted molar refractivity (Wildman–Crippen MR) is 102 cm³/mol. The van der Waals surface area contributed by atoms with Gasteiger partial charge in [-0.25, -0.2) is 9.97 Å². The standard InChI is InChI=1S/C19H22N4O5/c1-3-28-19(24)14-8-10-22(11-9-14)18-17(23(25)26)16(20-12-21-18)13-4-6-15(27-2)7-5-13/h4-7,12,14H,3,8-11H2,1-2H3. The number of hydrogen-bond acceptors (Lipinski definition) is 8. The summed E-state index contributed by atoms with van der Waals surface area (Å²) in [4.78, 5) is 33.5. The highest BCUT2D eigenvalue weighted by Crippen LogP contribution is 2.37. The van der Waals surface area contributed by atoms with Gasteiger partial charge in [0, 0.05) is 18.7 Å². The SMILES string of the molecule is CCOC(=O)C1CCN(c2ncnc(-c3ccc(OC)cc3)c2[N+](=O)[O-])CC1. The lowest BCUT2D eigenvalue weighted by Crippen LogP contribution is -2.37. The van der Waals surface area contributed by atoms with Crippen LogP contribution >= 0.6 is 0 Å². The van der Waals surface area contributed by atoms with E-state index in [4.69, 9.17) is 9.47 Å². The molecule has 0 amide bonds. The summed E-state index contributed by atoms with van der Waals surface area (Å²) in [5, 5.41) is 11.8. The van der Waals surface area contributed by atoms with Crippen molar-refractivity contribution in [1.29, 1.82) is 0 Å². The van der Waals surface area contributed by atoms with Crippen molar-refractivity contribution in [2.45, 2.75) is 19.8 Å². The third kappa shape index (κ3) is 4.03. The van der Waals surface area contributed by atoms with Crippen molar-refractivity contribution in [3.05, 3.63) is 40.7 Å². The van der Waals surface area contributed by atoms with Crippen LogP contribution in [0.5, 0.6) is 5.75 Å². The van der Waals surface area contributed by atoms with E-state index in [9.17, 15) is 14.9 Å². The van der Waals surface area contributed by atoms with Crippen LogP contribution in [-0.4, -0.2) is 47.7 Å². The van der Waals surface area contributed by atoms with Crippen molar-refractivity contribution in [2.24, 2.45) is 5.92 Å². The lowest BCUT2D eigenvalue weighted by atomic mass is 9.97. The Morgan fingerprint density at radius 2 is 1.93 bits per heavy atom. The van der Waals surface area contributed by atoms with E-state index < -0.39 is 4.92 Å². The first-order valence-electron chi connectivity index (χ1n) is 9.10. The lowest BCUT2D eigenvalue weighted by molar-refractivity contribution is -0.383. The Kier molecular flexibility index (Phi) is 6.03. The zero-order chi connectivity index (χ0) is 20.1. The van der Waals surface area contributed by atoms with Gasteiger partial charge in [-0.2, -0.15) is 0 Å². The third-order valence-corrected chi connectivity index (χ3v) is 4.76. The highest BCUT2D eigenvalue weighted by molar-refractivity contribution is 5.78. The fourth-order valence-electron chi connectivity index (χ4n) is 3.32. The number of carbonyl (C=O) groups is 1. The third-order valence-electron chi connectivity index (χ3n) is 4.76. The van der Waals surface area contributed by atoms with Gasteiger partial charge >= 0.3 is 11.7 Å². The van der Waals surface area contributed by atoms with E-state index in [2.05, 4.69) is 9.97 Å². The number of esters is 1. The first-order valence-corrected chi connectivity index (χ1v) is 9.10. The van der Waals surface area contributed by atoms with Gasteiger partial charge in [-0.05, 0) is 44.0 Å². The summed E-state index contributed by atoms with van der Waals surface area (Å²) < 4.78 is 10.2. The molecule has 1 aliphatic rings. The number of nitro groups is 1. The van der Waals surface area contributed by atoms with Crippen molar-refractivity contribution in [2.75, 3.05) is 31.7 Å². The van der Waals surface area contributed by atoms with Crippen LogP contribution in [-0.2, 0) is 9.53 Å². The van der Waals surface area contributed by atoms with Gasteiger partial charge in [-0.3, -0.25) is 14.9 Å². The summed E-state index contributed by atoms with van der Waals surface area (Å²) in [5.41, 5.74) is 0.727. The molecule has 0 bridgehead atoms. The van der Waals surface area contributed by atoms with Crippen molar-refractivity contribution >= 4 is 17.5 Å². The van der Waals surface area contributed by atoms with Crippen molar-refractivity contribution in [3.63, 3.8) is 0 Å². The topological polar surface area (TPSA) is 108 Å². The minimum Gasteiger partial charge on any atom is -0.497 e. The number of carbonyl (C=O) groups excluding carboxylic acids is 1. The van der Waals surface area contributed by atoms with Gasteiger partial charge in [0.15, 0.2) is 5.69 Å². The van der Waals surface area contributed by atoms with E-state index in [1.807, 2.05) is 4.90 Å². The Balaban J connectivity index is 1.88. The number of hydrogen-bond donors (Lipinski definition) is 0. The fraction of sp³-hybridized carbons (Fsp3) is 0.421. The molecule has 9 nitrogen and oxygen atoms in total. The lowest BCUT2D eigenvalue weighted by Gasteiger charge is -2.31. The summed E-state index contributed by atoms with van der Waals surface area (Å²) in [7, 11) is 1.56. The molecule has 0 N–H and O–H groups in total. The van der Waals surface area contributed by atoms with Crippen LogP contribution in [0, 0.1) is 16.0 Å². The van der Waals surface area contributed by atoms with E-state index in [0.29, 0.717) is 43.9 Å². The van der Waals surface area contributed by atoms with Gasteiger partial charge in [-0.15, -0.1) is 0 Å². The summed E-state index contributed by atoms with van der Waals surface area (Å²) in [5.74, 6) is 0.534. The number of anilines is 1. The highest BCUT2D eigenvalue weighted by Gasteiger charge is 2.32. The maximum atomic E-state index is 11.9. The summed E-state index contributed by atoms with van der Waals surface area (Å²) >= 11 is 0. The Morgan fingerprint density at radius 3 is 2.50 bits per heavy atom. The number of aromatic nitrogens is 2. The van der Waals surface area contributed by atoms with Crippen LogP contribution in [0.3, 0.4) is 0 Å². The molecule has 0 aliphatic carbocycles. The van der Waals surface area contributed by atoms with Gasteiger partial charge in [-0.1, -0.05) is 0 Å². The monoisotopic (exact) mass is 386 g/mol. The fourth-order valence-corrected chi connectivity index (χ4v) is 3.32. The Labute approximate surface area is 162 Å². The van der Waals surface area contributed by atoms with Crippen molar-refractivity contribution in [1.82, 2.24) is 9.97 Å². The summed E-state index contributed by atoms with van der Waals surface area (Å²) in [6.45, 7) is 3.10. The first kappa shape index (κ1) is 19.5. The molecule has 0 radical (unpaired) electrons. The predicted octanol–water partition coefficient (Wildman–Crippen LogP) is 2.84. The second-order valence-electron chi connectivity index (χ2n) is 6.39. The van der Waals surface area contributed by atoms with E-state index in [1.165, 1.54) is 6.33 Å². The number of ether oxygens (including phenoxy) is 2. The van der Waals surface area contributed by atoms with Crippen molar-refractivity contribution < 1.29 is 19.2 Å². The van der Waals surface area contributed by atoms with Crippen LogP contribution in [0.1, 0.15) is 19.8 Å². The number of nitrogens with zero attached hydrogens (tertiary/aromatic N) is 4. The minimum atomic E-state index is -0.452. The molecule has 3 rings (SSSR count). The minimum absolute atomic E-state index is 0.137. The summed E-state index contributed by atoms with van der Waals surface area (Å²) in [6.07, 6.45) is 2.47. The van der Waals surface area contributed by atoms with Gasteiger partial charge < -0.3 is 14.4 Å². The molecule has 1 saturated heterocycles. The number of piperidine rings is 1. The number of rotatable bonds is 6. The Bertz CT molecular complexity index is 848. The second-order valence-corrected chi connectivity index (χ2v) is 6.39. The zero-order valence-corrected chi connectivity index (χ0v) is 15.8. The molecule has 9 heteroatoms. The second kappa shape index (κ2) is 8.64. The largest absolute Gasteiger partial charge is 0.497 e. The molecule has 1 aromatic carbocycles. The maximum Gasteiger partial charge on any atom is 0.337 e. The molecular formula is C19H22N4O5. The van der Waals surface area contributed by atoms with E-state index in [1.54, 1.807) is 38.3 Å². The normalized spacial score (nSPS) is 14.6. The average Bonchev–Trinajstić information content (AvgIpc) is 2.73. The van der Waals surface area contributed by atoms with Gasteiger partial charge in [0.25, 0.3) is 0 Å². The number of benzene rings is 1. The van der Waals surface area contributed by atoms with Crippen LogP contribution in [0.25, 0.3) is 11.3 Å². The molecular weight excluding hydrogens is 364 g/mol. The molecule has 0 unspecified atom stereocenters. The van der Waals surface area contributed by atoms with Crippen LogP contribution < -0.4 is 9.64 Å². The molecule has 148 valence electrons. The molecule has 0 saturated carbocycles. The molecule has 0 spiro atoms. The average molecular weight is 386 g/mol. The molecule has 28 heavy (non-hydrogen) atoms. The molecule has 0 atom stereocenters. The summed E-state index contributed by atoms with van der Waals surface area (Å²) in [6, 6.07) is 6.91. The molecule has 2 heterocycles. The molecule has 1 fully saturated rings. The Morgan fingerprint density at radius 1 is 1.25 bits per heavy atom. The van der Waals surface area contributed by atoms with Gasteiger partial charge in [0.05, 0.1) is 24.6 Å². The Hall–Kier alpha value is -3.23. The molecule has 1 aliphatic heterocycles. The molecule has 1 aromatic heterocycles. The van der Waals surface area contributed by atoms with Gasteiger partial charge in [0.2, 0.25) is 5.82 Å². The van der Waals surface area contributed by atoms with E-state index in [-0.39, 0.29) is 29.1 Å². The van der Waals surface area contributed by atoms with Crippen LogP contribution in [0.2, 0.25) is 0 Å². The van der Waals surface area contributed by atoms with Crippen LogP contribution in [0.4, 0.5) is 11.5 Å².